The predicted molar refractivity (Wildman–Crippen MR) is 79.3 cm³/mol. The molecular formula is C16H23N3. The summed E-state index contributed by atoms with van der Waals surface area (Å²) < 4.78 is 2.10. The average Bonchev–Trinajstić information content (AvgIpc) is 2.71. The Bertz CT molecular complexity index is 523. The fourth-order valence-corrected chi connectivity index (χ4v) is 2.21. The van der Waals surface area contributed by atoms with Crippen LogP contribution in [0.1, 0.15) is 42.4 Å². The van der Waals surface area contributed by atoms with Gasteiger partial charge in [-0.2, -0.15) is 0 Å². The summed E-state index contributed by atoms with van der Waals surface area (Å²) in [5.41, 5.74) is 9.34. The second-order valence-electron chi connectivity index (χ2n) is 5.37. The second-order valence-corrected chi connectivity index (χ2v) is 5.37. The Balaban J connectivity index is 2.12. The highest BCUT2D eigenvalue weighted by Crippen LogP contribution is 2.16. The summed E-state index contributed by atoms with van der Waals surface area (Å²) in [4.78, 5) is 4.64. The smallest absolute Gasteiger partial charge is 0.113 e. The van der Waals surface area contributed by atoms with Gasteiger partial charge in [-0.05, 0) is 23.6 Å². The van der Waals surface area contributed by atoms with Gasteiger partial charge in [-0.1, -0.05) is 38.1 Å². The molecule has 1 aromatic carbocycles. The van der Waals surface area contributed by atoms with E-state index in [4.69, 9.17) is 5.73 Å². The standard InChI is InChI=1S/C16H23N3/c1-12(2)14-6-4-13(5-7-14)10-16-18-15(8-9-17)11-19(16)3/h4-7,11-12H,8-10,17H2,1-3H3. The SMILES string of the molecule is CC(C)c1ccc(Cc2nc(CCN)cn2C)cc1. The molecule has 19 heavy (non-hydrogen) atoms. The van der Waals surface area contributed by atoms with Gasteiger partial charge in [0.15, 0.2) is 0 Å². The van der Waals surface area contributed by atoms with Crippen LogP contribution in [0.5, 0.6) is 0 Å². The van der Waals surface area contributed by atoms with E-state index in [1.165, 1.54) is 11.1 Å². The summed E-state index contributed by atoms with van der Waals surface area (Å²) >= 11 is 0. The van der Waals surface area contributed by atoms with Crippen LogP contribution in [0.3, 0.4) is 0 Å². The van der Waals surface area contributed by atoms with E-state index in [-0.39, 0.29) is 0 Å². The molecule has 0 atom stereocenters. The lowest BCUT2D eigenvalue weighted by atomic mass is 10.0. The number of aromatic nitrogens is 2. The Morgan fingerprint density at radius 2 is 1.89 bits per heavy atom. The molecule has 2 rings (SSSR count). The molecule has 2 N–H and O–H groups in total. The van der Waals surface area contributed by atoms with Crippen molar-refractivity contribution in [3.05, 3.63) is 53.1 Å². The first-order valence-electron chi connectivity index (χ1n) is 6.90. The molecule has 0 aliphatic carbocycles. The lowest BCUT2D eigenvalue weighted by Gasteiger charge is -2.07. The number of rotatable bonds is 5. The molecule has 1 heterocycles. The average molecular weight is 257 g/mol. The Morgan fingerprint density at radius 3 is 2.47 bits per heavy atom. The lowest BCUT2D eigenvalue weighted by Crippen LogP contribution is -2.03. The number of nitrogens with two attached hydrogens (primary N) is 1. The molecule has 0 saturated heterocycles. The highest BCUT2D eigenvalue weighted by molar-refractivity contribution is 5.27. The van der Waals surface area contributed by atoms with Crippen LogP contribution in [0.4, 0.5) is 0 Å². The topological polar surface area (TPSA) is 43.8 Å². The van der Waals surface area contributed by atoms with Crippen LogP contribution in [-0.4, -0.2) is 16.1 Å². The molecule has 3 nitrogen and oxygen atoms in total. The van der Waals surface area contributed by atoms with Gasteiger partial charge in [0.2, 0.25) is 0 Å². The van der Waals surface area contributed by atoms with Crippen LogP contribution >= 0.6 is 0 Å². The molecule has 0 unspecified atom stereocenters. The van der Waals surface area contributed by atoms with Crippen molar-refractivity contribution < 1.29 is 0 Å². The van der Waals surface area contributed by atoms with Gasteiger partial charge in [-0.3, -0.25) is 0 Å². The molecule has 0 amide bonds. The molecule has 0 aliphatic rings. The summed E-state index contributed by atoms with van der Waals surface area (Å²) in [6.45, 7) is 5.08. The van der Waals surface area contributed by atoms with Crippen LogP contribution in [0, 0.1) is 0 Å². The molecule has 0 saturated carbocycles. The third-order valence-electron chi connectivity index (χ3n) is 3.43. The molecule has 1 aromatic heterocycles. The molecule has 3 heteroatoms. The minimum atomic E-state index is 0.582. The number of imidazole rings is 1. The van der Waals surface area contributed by atoms with Crippen molar-refractivity contribution in [2.45, 2.75) is 32.6 Å². The van der Waals surface area contributed by atoms with Crippen molar-refractivity contribution in [3.8, 4) is 0 Å². The molecule has 0 radical (unpaired) electrons. The van der Waals surface area contributed by atoms with Gasteiger partial charge in [0.1, 0.15) is 5.82 Å². The van der Waals surface area contributed by atoms with E-state index in [0.29, 0.717) is 12.5 Å². The summed E-state index contributed by atoms with van der Waals surface area (Å²) in [5, 5.41) is 0. The minimum Gasteiger partial charge on any atom is -0.337 e. The zero-order valence-electron chi connectivity index (χ0n) is 12.1. The zero-order chi connectivity index (χ0) is 13.8. The lowest BCUT2D eigenvalue weighted by molar-refractivity contribution is 0.819. The molecule has 102 valence electrons. The number of nitrogens with zero attached hydrogens (tertiary/aromatic N) is 2. The maximum absolute atomic E-state index is 5.57. The minimum absolute atomic E-state index is 0.582. The maximum Gasteiger partial charge on any atom is 0.113 e. The zero-order valence-corrected chi connectivity index (χ0v) is 12.1. The highest BCUT2D eigenvalue weighted by Gasteiger charge is 2.06. The monoisotopic (exact) mass is 257 g/mol. The first-order chi connectivity index (χ1) is 9.10. The second kappa shape index (κ2) is 6.02. The van der Waals surface area contributed by atoms with Gasteiger partial charge in [0.25, 0.3) is 0 Å². The van der Waals surface area contributed by atoms with E-state index in [2.05, 4.69) is 53.9 Å². The Hall–Kier alpha value is -1.61. The van der Waals surface area contributed by atoms with E-state index in [1.54, 1.807) is 0 Å². The van der Waals surface area contributed by atoms with Crippen molar-refractivity contribution >= 4 is 0 Å². The van der Waals surface area contributed by atoms with Crippen molar-refractivity contribution in [3.63, 3.8) is 0 Å². The third kappa shape index (κ3) is 3.44. The molecule has 0 bridgehead atoms. The number of hydrogen-bond donors (Lipinski definition) is 1. The summed E-state index contributed by atoms with van der Waals surface area (Å²) in [6, 6.07) is 8.83. The van der Waals surface area contributed by atoms with Crippen LogP contribution in [-0.2, 0) is 19.9 Å². The first kappa shape index (κ1) is 13.8. The van der Waals surface area contributed by atoms with E-state index in [0.717, 1.165) is 24.4 Å². The summed E-state index contributed by atoms with van der Waals surface area (Å²) in [5.74, 6) is 1.68. The van der Waals surface area contributed by atoms with Gasteiger partial charge in [-0.15, -0.1) is 0 Å². The van der Waals surface area contributed by atoms with Gasteiger partial charge < -0.3 is 10.3 Å². The fourth-order valence-electron chi connectivity index (χ4n) is 2.21. The predicted octanol–water partition coefficient (Wildman–Crippen LogP) is 2.64. The summed E-state index contributed by atoms with van der Waals surface area (Å²) in [6.07, 6.45) is 3.80. The van der Waals surface area contributed by atoms with Crippen LogP contribution < -0.4 is 5.73 Å². The maximum atomic E-state index is 5.57. The number of aryl methyl sites for hydroxylation is 1. The van der Waals surface area contributed by atoms with Gasteiger partial charge in [0.05, 0.1) is 5.69 Å². The van der Waals surface area contributed by atoms with Crippen molar-refractivity contribution in [2.24, 2.45) is 12.8 Å². The van der Waals surface area contributed by atoms with Gasteiger partial charge >= 0.3 is 0 Å². The van der Waals surface area contributed by atoms with Crippen LogP contribution in [0.2, 0.25) is 0 Å². The molecule has 2 aromatic rings. The van der Waals surface area contributed by atoms with Crippen molar-refractivity contribution in [2.75, 3.05) is 6.54 Å². The van der Waals surface area contributed by atoms with E-state index in [9.17, 15) is 0 Å². The van der Waals surface area contributed by atoms with E-state index < -0.39 is 0 Å². The van der Waals surface area contributed by atoms with Crippen LogP contribution in [0.25, 0.3) is 0 Å². The Labute approximate surface area is 115 Å². The van der Waals surface area contributed by atoms with E-state index in [1.807, 2.05) is 7.05 Å². The normalized spacial score (nSPS) is 11.2. The van der Waals surface area contributed by atoms with Crippen molar-refractivity contribution in [1.82, 2.24) is 9.55 Å². The molecule has 0 spiro atoms. The summed E-state index contributed by atoms with van der Waals surface area (Å²) in [7, 11) is 2.05. The van der Waals surface area contributed by atoms with Crippen molar-refractivity contribution in [1.29, 1.82) is 0 Å². The largest absolute Gasteiger partial charge is 0.337 e. The fraction of sp³-hybridized carbons (Fsp3) is 0.438. The number of hydrogen-bond acceptors (Lipinski definition) is 2. The van der Waals surface area contributed by atoms with Gasteiger partial charge in [0, 0.05) is 26.1 Å². The number of benzene rings is 1. The van der Waals surface area contributed by atoms with Crippen LogP contribution in [0.15, 0.2) is 30.5 Å². The first-order valence-corrected chi connectivity index (χ1v) is 6.90. The molecular weight excluding hydrogens is 234 g/mol. The van der Waals surface area contributed by atoms with E-state index >= 15 is 0 Å². The highest BCUT2D eigenvalue weighted by atomic mass is 15.0. The quantitative estimate of drug-likeness (QED) is 0.895. The Kier molecular flexibility index (Phi) is 4.38. The van der Waals surface area contributed by atoms with Gasteiger partial charge in [-0.25, -0.2) is 4.98 Å². The molecule has 0 fully saturated rings. The Morgan fingerprint density at radius 1 is 1.21 bits per heavy atom. The third-order valence-corrected chi connectivity index (χ3v) is 3.43. The molecule has 0 aliphatic heterocycles.